The number of rotatable bonds is 5. The highest BCUT2D eigenvalue weighted by molar-refractivity contribution is 5.76. The molecular weight excluding hydrogens is 289 g/mol. The highest BCUT2D eigenvalue weighted by Crippen LogP contribution is 2.28. The van der Waals surface area contributed by atoms with Crippen LogP contribution in [0.4, 0.5) is 4.39 Å². The van der Waals surface area contributed by atoms with E-state index in [1.54, 1.807) is 18.2 Å². The van der Waals surface area contributed by atoms with E-state index in [9.17, 15) is 9.18 Å². The Morgan fingerprint density at radius 1 is 1.23 bits per heavy atom. The number of ether oxygens (including phenoxy) is 2. The van der Waals surface area contributed by atoms with E-state index in [2.05, 4.69) is 4.98 Å². The molecule has 0 saturated heterocycles. The maximum absolute atomic E-state index is 13.1. The van der Waals surface area contributed by atoms with Crippen LogP contribution in [0, 0.1) is 5.82 Å². The molecule has 0 bridgehead atoms. The van der Waals surface area contributed by atoms with Crippen molar-refractivity contribution in [2.45, 2.75) is 6.61 Å². The van der Waals surface area contributed by atoms with Crippen LogP contribution in [0.5, 0.6) is 11.5 Å². The molecule has 2 aromatic carbocycles. The average Bonchev–Trinajstić information content (AvgIpc) is 2.94. The Hall–Kier alpha value is -2.89. The van der Waals surface area contributed by atoms with E-state index in [0.29, 0.717) is 34.1 Å². The summed E-state index contributed by atoms with van der Waals surface area (Å²) < 4.78 is 29.3. The van der Waals surface area contributed by atoms with E-state index >= 15 is 0 Å². The normalized spacial score (nSPS) is 10.6. The number of aldehydes is 1. The van der Waals surface area contributed by atoms with Crippen molar-refractivity contribution >= 4 is 17.4 Å². The lowest BCUT2D eigenvalue weighted by Gasteiger charge is -2.09. The first-order valence-electron chi connectivity index (χ1n) is 6.50. The maximum Gasteiger partial charge on any atom is 0.233 e. The molecule has 0 amide bonds. The SMILES string of the molecule is COc1cc(C=O)ccc1OCc1nc2ccc(F)cc2o1. The molecule has 0 fully saturated rings. The minimum Gasteiger partial charge on any atom is -0.493 e. The van der Waals surface area contributed by atoms with E-state index in [4.69, 9.17) is 13.9 Å². The van der Waals surface area contributed by atoms with Crippen molar-refractivity contribution in [2.24, 2.45) is 0 Å². The van der Waals surface area contributed by atoms with Crippen LogP contribution in [0.25, 0.3) is 11.1 Å². The van der Waals surface area contributed by atoms with E-state index < -0.39 is 0 Å². The first-order chi connectivity index (χ1) is 10.7. The fourth-order valence-corrected chi connectivity index (χ4v) is 2.02. The van der Waals surface area contributed by atoms with Gasteiger partial charge in [0.05, 0.1) is 7.11 Å². The van der Waals surface area contributed by atoms with Gasteiger partial charge in [-0.1, -0.05) is 0 Å². The maximum atomic E-state index is 13.1. The summed E-state index contributed by atoms with van der Waals surface area (Å²) in [6.07, 6.45) is 0.724. The van der Waals surface area contributed by atoms with Crippen molar-refractivity contribution in [2.75, 3.05) is 7.11 Å². The van der Waals surface area contributed by atoms with Gasteiger partial charge < -0.3 is 13.9 Å². The van der Waals surface area contributed by atoms with Gasteiger partial charge in [-0.15, -0.1) is 0 Å². The third-order valence-corrected chi connectivity index (χ3v) is 3.07. The lowest BCUT2D eigenvalue weighted by Crippen LogP contribution is -1.98. The number of oxazole rings is 1. The van der Waals surface area contributed by atoms with Crippen LogP contribution in [0.2, 0.25) is 0 Å². The summed E-state index contributed by atoms with van der Waals surface area (Å²) in [6.45, 7) is 0.0626. The van der Waals surface area contributed by atoms with Crippen LogP contribution in [-0.2, 0) is 6.61 Å². The zero-order valence-electron chi connectivity index (χ0n) is 11.7. The molecule has 0 N–H and O–H groups in total. The molecule has 0 aliphatic carbocycles. The monoisotopic (exact) mass is 301 g/mol. The number of aromatic nitrogens is 1. The highest BCUT2D eigenvalue weighted by atomic mass is 19.1. The fourth-order valence-electron chi connectivity index (χ4n) is 2.02. The molecule has 0 saturated carbocycles. The summed E-state index contributed by atoms with van der Waals surface area (Å²) >= 11 is 0. The second-order valence-electron chi connectivity index (χ2n) is 4.54. The lowest BCUT2D eigenvalue weighted by atomic mass is 10.2. The van der Waals surface area contributed by atoms with Crippen molar-refractivity contribution < 1.29 is 23.1 Å². The van der Waals surface area contributed by atoms with Crippen LogP contribution in [-0.4, -0.2) is 18.4 Å². The van der Waals surface area contributed by atoms with Gasteiger partial charge in [0.2, 0.25) is 5.89 Å². The molecule has 22 heavy (non-hydrogen) atoms. The molecule has 3 aromatic rings. The third-order valence-electron chi connectivity index (χ3n) is 3.07. The summed E-state index contributed by atoms with van der Waals surface area (Å²) in [5.74, 6) is 0.831. The molecule has 0 aliphatic heterocycles. The van der Waals surface area contributed by atoms with Crippen LogP contribution in [0.15, 0.2) is 40.8 Å². The number of hydrogen-bond donors (Lipinski definition) is 0. The summed E-state index contributed by atoms with van der Waals surface area (Å²) in [5.41, 5.74) is 1.41. The summed E-state index contributed by atoms with van der Waals surface area (Å²) in [6, 6.07) is 8.94. The van der Waals surface area contributed by atoms with Crippen LogP contribution >= 0.6 is 0 Å². The smallest absolute Gasteiger partial charge is 0.233 e. The molecule has 5 nitrogen and oxygen atoms in total. The van der Waals surface area contributed by atoms with E-state index in [1.807, 2.05) is 0 Å². The molecule has 0 unspecified atom stereocenters. The molecule has 112 valence electrons. The van der Waals surface area contributed by atoms with E-state index in [1.165, 1.54) is 25.3 Å². The van der Waals surface area contributed by atoms with Gasteiger partial charge in [-0.25, -0.2) is 9.37 Å². The Kier molecular flexibility index (Phi) is 3.74. The van der Waals surface area contributed by atoms with Gasteiger partial charge in [-0.2, -0.15) is 0 Å². The van der Waals surface area contributed by atoms with Gasteiger partial charge in [-0.3, -0.25) is 4.79 Å². The second-order valence-corrected chi connectivity index (χ2v) is 4.54. The third kappa shape index (κ3) is 2.76. The van der Waals surface area contributed by atoms with Crippen LogP contribution < -0.4 is 9.47 Å². The Labute approximate surface area is 125 Å². The number of fused-ring (bicyclic) bond motifs is 1. The molecular formula is C16H12FNO4. The van der Waals surface area contributed by atoms with Crippen molar-refractivity contribution in [1.29, 1.82) is 0 Å². The number of halogens is 1. The number of methoxy groups -OCH3 is 1. The lowest BCUT2D eigenvalue weighted by molar-refractivity contribution is 0.112. The molecule has 6 heteroatoms. The molecule has 0 spiro atoms. The number of benzene rings is 2. The zero-order valence-corrected chi connectivity index (χ0v) is 11.7. The van der Waals surface area contributed by atoms with Gasteiger partial charge in [0.15, 0.2) is 23.7 Å². The van der Waals surface area contributed by atoms with Gasteiger partial charge in [0, 0.05) is 11.6 Å². The number of carbonyl (C=O) groups is 1. The predicted molar refractivity (Wildman–Crippen MR) is 76.7 cm³/mol. The summed E-state index contributed by atoms with van der Waals surface area (Å²) in [7, 11) is 1.49. The standard InChI is InChI=1S/C16H12FNO4/c1-20-15-6-10(8-19)2-5-13(15)21-9-16-18-12-4-3-11(17)7-14(12)22-16/h2-8H,9H2,1H3. The van der Waals surface area contributed by atoms with Gasteiger partial charge in [-0.05, 0) is 30.3 Å². The quantitative estimate of drug-likeness (QED) is 0.676. The average molecular weight is 301 g/mol. The molecule has 0 aliphatic rings. The topological polar surface area (TPSA) is 61.6 Å². The van der Waals surface area contributed by atoms with Gasteiger partial charge in [0.25, 0.3) is 0 Å². The first-order valence-corrected chi connectivity index (χ1v) is 6.50. The molecule has 1 heterocycles. The fraction of sp³-hybridized carbons (Fsp3) is 0.125. The predicted octanol–water partition coefficient (Wildman–Crippen LogP) is 3.37. The summed E-state index contributed by atoms with van der Waals surface area (Å²) in [4.78, 5) is 14.9. The molecule has 3 rings (SSSR count). The highest BCUT2D eigenvalue weighted by Gasteiger charge is 2.10. The first kappa shape index (κ1) is 14.1. The van der Waals surface area contributed by atoms with Crippen molar-refractivity contribution in [3.05, 3.63) is 53.7 Å². The van der Waals surface area contributed by atoms with Crippen molar-refractivity contribution in [3.63, 3.8) is 0 Å². The van der Waals surface area contributed by atoms with Crippen LogP contribution in [0.1, 0.15) is 16.2 Å². The van der Waals surface area contributed by atoms with Gasteiger partial charge in [0.1, 0.15) is 17.6 Å². The second kappa shape index (κ2) is 5.85. The van der Waals surface area contributed by atoms with Gasteiger partial charge >= 0.3 is 0 Å². The van der Waals surface area contributed by atoms with Crippen molar-refractivity contribution in [3.8, 4) is 11.5 Å². The molecule has 0 atom stereocenters. The van der Waals surface area contributed by atoms with Crippen molar-refractivity contribution in [1.82, 2.24) is 4.98 Å². The van der Waals surface area contributed by atoms with E-state index in [0.717, 1.165) is 6.29 Å². The Morgan fingerprint density at radius 3 is 2.86 bits per heavy atom. The minimum absolute atomic E-state index is 0.0626. The van der Waals surface area contributed by atoms with Crippen LogP contribution in [0.3, 0.4) is 0 Å². The number of carbonyl (C=O) groups excluding carboxylic acids is 1. The molecule has 0 radical (unpaired) electrons. The Bertz CT molecular complexity index is 828. The van der Waals surface area contributed by atoms with E-state index in [-0.39, 0.29) is 12.4 Å². The Balaban J connectivity index is 1.80. The minimum atomic E-state index is -0.387. The molecule has 1 aromatic heterocycles. The largest absolute Gasteiger partial charge is 0.493 e. The summed E-state index contributed by atoms with van der Waals surface area (Å²) in [5, 5.41) is 0. The number of hydrogen-bond acceptors (Lipinski definition) is 5. The zero-order chi connectivity index (χ0) is 15.5. The Morgan fingerprint density at radius 2 is 2.09 bits per heavy atom. The number of nitrogens with zero attached hydrogens (tertiary/aromatic N) is 1.